The van der Waals surface area contributed by atoms with Crippen molar-refractivity contribution < 1.29 is 14.3 Å². The zero-order valence-corrected chi connectivity index (χ0v) is 17.3. The SMILES string of the molecule is COc1ccc(NC(=O)c2nc(Cl)ccc2Cl)cc1OCc1cn2ccccc2n1. The van der Waals surface area contributed by atoms with Crippen LogP contribution in [0.4, 0.5) is 5.69 Å². The molecule has 0 unspecified atom stereocenters. The molecule has 152 valence electrons. The van der Waals surface area contributed by atoms with Crippen LogP contribution in [0.1, 0.15) is 16.2 Å². The number of anilines is 1. The summed E-state index contributed by atoms with van der Waals surface area (Å²) in [6.07, 6.45) is 3.80. The van der Waals surface area contributed by atoms with Gasteiger partial charge in [-0.05, 0) is 36.4 Å². The normalized spacial score (nSPS) is 10.8. The van der Waals surface area contributed by atoms with Crippen molar-refractivity contribution in [1.29, 1.82) is 0 Å². The number of aromatic nitrogens is 3. The first-order chi connectivity index (χ1) is 14.5. The maximum absolute atomic E-state index is 12.5. The number of hydrogen-bond donors (Lipinski definition) is 1. The minimum absolute atomic E-state index is 0.0344. The second-order valence-corrected chi connectivity index (χ2v) is 7.07. The Balaban J connectivity index is 1.52. The van der Waals surface area contributed by atoms with Gasteiger partial charge in [0.1, 0.15) is 23.1 Å². The third-order valence-corrected chi connectivity index (χ3v) is 4.75. The predicted molar refractivity (Wildman–Crippen MR) is 115 cm³/mol. The van der Waals surface area contributed by atoms with Gasteiger partial charge in [-0.15, -0.1) is 0 Å². The molecular formula is C21H16Cl2N4O3. The highest BCUT2D eigenvalue weighted by atomic mass is 35.5. The molecule has 0 spiro atoms. The first-order valence-corrected chi connectivity index (χ1v) is 9.66. The van der Waals surface area contributed by atoms with Gasteiger partial charge in [-0.2, -0.15) is 0 Å². The molecule has 0 aliphatic rings. The highest BCUT2D eigenvalue weighted by molar-refractivity contribution is 6.35. The average molecular weight is 443 g/mol. The Kier molecular flexibility index (Phi) is 5.74. The number of amides is 1. The summed E-state index contributed by atoms with van der Waals surface area (Å²) in [5.41, 5.74) is 2.11. The van der Waals surface area contributed by atoms with Crippen LogP contribution in [0.15, 0.2) is 60.9 Å². The van der Waals surface area contributed by atoms with E-state index in [9.17, 15) is 4.79 Å². The standard InChI is InChI=1S/C21H16Cl2N4O3/c1-29-16-7-5-13(25-21(28)20-15(22)6-8-18(23)26-20)10-17(16)30-12-14-11-27-9-3-2-4-19(27)24-14/h2-11H,12H2,1H3,(H,25,28). The molecule has 1 aromatic carbocycles. The Morgan fingerprint density at radius 3 is 2.77 bits per heavy atom. The number of rotatable bonds is 6. The molecule has 0 aliphatic carbocycles. The number of nitrogens with one attached hydrogen (secondary N) is 1. The van der Waals surface area contributed by atoms with E-state index in [1.807, 2.05) is 35.0 Å². The molecule has 0 atom stereocenters. The van der Waals surface area contributed by atoms with Gasteiger partial charge in [0.2, 0.25) is 0 Å². The number of ether oxygens (including phenoxy) is 2. The van der Waals surface area contributed by atoms with E-state index in [1.165, 1.54) is 12.1 Å². The highest BCUT2D eigenvalue weighted by Gasteiger charge is 2.15. The lowest BCUT2D eigenvalue weighted by Gasteiger charge is -2.12. The predicted octanol–water partition coefficient (Wildman–Crippen LogP) is 4.88. The minimum atomic E-state index is -0.487. The number of methoxy groups -OCH3 is 1. The van der Waals surface area contributed by atoms with Crippen LogP contribution >= 0.6 is 23.2 Å². The van der Waals surface area contributed by atoms with E-state index in [4.69, 9.17) is 32.7 Å². The molecule has 0 fully saturated rings. The Bertz CT molecular complexity index is 1190. The summed E-state index contributed by atoms with van der Waals surface area (Å²) in [5, 5.41) is 3.12. The molecule has 3 heterocycles. The van der Waals surface area contributed by atoms with E-state index in [0.29, 0.717) is 17.2 Å². The van der Waals surface area contributed by atoms with Gasteiger partial charge >= 0.3 is 0 Å². The molecule has 1 amide bonds. The molecule has 30 heavy (non-hydrogen) atoms. The van der Waals surface area contributed by atoms with E-state index >= 15 is 0 Å². The fourth-order valence-electron chi connectivity index (χ4n) is 2.84. The molecule has 0 aliphatic heterocycles. The molecule has 3 aromatic heterocycles. The summed E-state index contributed by atoms with van der Waals surface area (Å²) in [4.78, 5) is 21.0. The van der Waals surface area contributed by atoms with Gasteiger partial charge in [-0.25, -0.2) is 9.97 Å². The van der Waals surface area contributed by atoms with Gasteiger partial charge in [0.15, 0.2) is 11.5 Å². The van der Waals surface area contributed by atoms with Crippen molar-refractivity contribution in [2.45, 2.75) is 6.61 Å². The molecule has 0 bridgehead atoms. The number of pyridine rings is 2. The lowest BCUT2D eigenvalue weighted by Crippen LogP contribution is -2.14. The van der Waals surface area contributed by atoms with E-state index in [-0.39, 0.29) is 22.5 Å². The molecule has 0 saturated carbocycles. The number of fused-ring (bicyclic) bond motifs is 1. The number of imidazole rings is 1. The average Bonchev–Trinajstić information content (AvgIpc) is 3.17. The molecular weight excluding hydrogens is 427 g/mol. The van der Waals surface area contributed by atoms with Gasteiger partial charge < -0.3 is 19.2 Å². The maximum atomic E-state index is 12.5. The van der Waals surface area contributed by atoms with Gasteiger partial charge in [0.25, 0.3) is 5.91 Å². The number of carbonyl (C=O) groups is 1. The molecule has 9 heteroatoms. The van der Waals surface area contributed by atoms with Crippen LogP contribution in [0.2, 0.25) is 10.2 Å². The first kappa shape index (κ1) is 20.0. The quantitative estimate of drug-likeness (QED) is 0.430. The summed E-state index contributed by atoms with van der Waals surface area (Å²) in [5.74, 6) is 0.493. The van der Waals surface area contributed by atoms with Gasteiger partial charge in [0.05, 0.1) is 17.8 Å². The van der Waals surface area contributed by atoms with E-state index in [1.54, 1.807) is 25.3 Å². The molecule has 0 saturated heterocycles. The van der Waals surface area contributed by atoms with Crippen LogP contribution in [0.3, 0.4) is 0 Å². The number of halogens is 2. The molecule has 0 radical (unpaired) electrons. The van der Waals surface area contributed by atoms with E-state index < -0.39 is 5.91 Å². The Morgan fingerprint density at radius 1 is 1.10 bits per heavy atom. The summed E-state index contributed by atoms with van der Waals surface area (Å²) >= 11 is 11.9. The van der Waals surface area contributed by atoms with Crippen molar-refractivity contribution in [2.24, 2.45) is 0 Å². The van der Waals surface area contributed by atoms with Gasteiger partial charge in [-0.3, -0.25) is 4.79 Å². The van der Waals surface area contributed by atoms with Gasteiger partial charge in [-0.1, -0.05) is 29.3 Å². The van der Waals surface area contributed by atoms with Crippen molar-refractivity contribution in [1.82, 2.24) is 14.4 Å². The van der Waals surface area contributed by atoms with E-state index in [2.05, 4.69) is 15.3 Å². The van der Waals surface area contributed by atoms with Crippen molar-refractivity contribution in [3.05, 3.63) is 82.5 Å². The van der Waals surface area contributed by atoms with E-state index in [0.717, 1.165) is 11.3 Å². The van der Waals surface area contributed by atoms with Crippen LogP contribution in [0, 0.1) is 0 Å². The summed E-state index contributed by atoms with van der Waals surface area (Å²) in [7, 11) is 1.54. The van der Waals surface area contributed by atoms with Crippen molar-refractivity contribution in [3.8, 4) is 11.5 Å². The summed E-state index contributed by atoms with van der Waals surface area (Å²) < 4.78 is 13.2. The van der Waals surface area contributed by atoms with Crippen molar-refractivity contribution >= 4 is 40.4 Å². The van der Waals surface area contributed by atoms with Crippen LogP contribution in [0.25, 0.3) is 5.65 Å². The molecule has 1 N–H and O–H groups in total. The topological polar surface area (TPSA) is 77.8 Å². The van der Waals surface area contributed by atoms with Crippen molar-refractivity contribution in [3.63, 3.8) is 0 Å². The van der Waals surface area contributed by atoms with Gasteiger partial charge in [0, 0.05) is 24.1 Å². The first-order valence-electron chi connectivity index (χ1n) is 8.90. The molecule has 4 aromatic rings. The van der Waals surface area contributed by atoms with Crippen LogP contribution in [0.5, 0.6) is 11.5 Å². The van der Waals surface area contributed by atoms with Crippen LogP contribution < -0.4 is 14.8 Å². The summed E-state index contributed by atoms with van der Waals surface area (Å²) in [6.45, 7) is 0.233. The maximum Gasteiger partial charge on any atom is 0.275 e. The Labute approximate surface area is 182 Å². The fraction of sp³-hybridized carbons (Fsp3) is 0.0952. The van der Waals surface area contributed by atoms with Crippen molar-refractivity contribution in [2.75, 3.05) is 12.4 Å². The number of carbonyl (C=O) groups excluding carboxylic acids is 1. The number of nitrogens with zero attached hydrogens (tertiary/aromatic N) is 3. The Morgan fingerprint density at radius 2 is 1.97 bits per heavy atom. The number of benzene rings is 1. The molecule has 4 rings (SSSR count). The highest BCUT2D eigenvalue weighted by Crippen LogP contribution is 2.31. The third kappa shape index (κ3) is 4.32. The smallest absolute Gasteiger partial charge is 0.275 e. The largest absolute Gasteiger partial charge is 0.493 e. The third-order valence-electron chi connectivity index (χ3n) is 4.24. The fourth-order valence-corrected chi connectivity index (χ4v) is 3.18. The zero-order chi connectivity index (χ0) is 21.1. The van der Waals surface area contributed by atoms with Crippen LogP contribution in [-0.4, -0.2) is 27.4 Å². The zero-order valence-electron chi connectivity index (χ0n) is 15.8. The monoisotopic (exact) mass is 442 g/mol. The number of hydrogen-bond acceptors (Lipinski definition) is 5. The molecule has 7 nitrogen and oxygen atoms in total. The minimum Gasteiger partial charge on any atom is -0.493 e. The lowest BCUT2D eigenvalue weighted by atomic mass is 10.2. The second-order valence-electron chi connectivity index (χ2n) is 6.27. The van der Waals surface area contributed by atoms with Crippen LogP contribution in [-0.2, 0) is 6.61 Å². The summed E-state index contributed by atoms with van der Waals surface area (Å²) in [6, 6.07) is 13.8. The Hall–Kier alpha value is -3.29. The lowest BCUT2D eigenvalue weighted by molar-refractivity contribution is 0.102. The second kappa shape index (κ2) is 8.61.